The number of nitriles is 1. The Bertz CT molecular complexity index is 1470. The highest BCUT2D eigenvalue weighted by Gasteiger charge is 2.01. The van der Waals surface area contributed by atoms with Crippen molar-refractivity contribution >= 4 is 11.9 Å². The summed E-state index contributed by atoms with van der Waals surface area (Å²) in [6.07, 6.45) is 19.6. The van der Waals surface area contributed by atoms with Gasteiger partial charge in [0.05, 0.1) is 30.5 Å². The molecule has 47 heavy (non-hydrogen) atoms. The molecule has 0 aliphatic rings. The Kier molecular flexibility index (Phi) is 16.2. The van der Waals surface area contributed by atoms with E-state index in [1.165, 1.54) is 63.4 Å². The fourth-order valence-electron chi connectivity index (χ4n) is 5.61. The summed E-state index contributed by atoms with van der Waals surface area (Å²) in [5, 5.41) is 8.96. The van der Waals surface area contributed by atoms with E-state index in [1.807, 2.05) is 54.7 Å². The number of ether oxygens (including phenoxy) is 2. The van der Waals surface area contributed by atoms with Crippen molar-refractivity contribution in [2.45, 2.75) is 96.8 Å². The Balaban J connectivity index is 1.01. The van der Waals surface area contributed by atoms with E-state index in [0.717, 1.165) is 79.2 Å². The minimum atomic E-state index is 0.675. The maximum atomic E-state index is 8.96. The highest BCUT2D eigenvalue weighted by atomic mass is 16.5. The van der Waals surface area contributed by atoms with Crippen LogP contribution < -0.4 is 9.47 Å². The van der Waals surface area contributed by atoms with Crippen LogP contribution in [0.1, 0.15) is 107 Å². The number of unbranched alkanes of at least 4 members (excludes halogenated alkanes) is 11. The van der Waals surface area contributed by atoms with Crippen molar-refractivity contribution in [2.75, 3.05) is 13.2 Å². The highest BCUT2D eigenvalue weighted by Crippen LogP contribution is 2.23. The summed E-state index contributed by atoms with van der Waals surface area (Å²) in [5.41, 5.74) is 6.37. The van der Waals surface area contributed by atoms with Gasteiger partial charge >= 0.3 is 0 Å². The first kappa shape index (κ1) is 35.5. The number of hydrogen-bond donors (Lipinski definition) is 0. The van der Waals surface area contributed by atoms with Crippen molar-refractivity contribution in [1.29, 1.82) is 5.26 Å². The van der Waals surface area contributed by atoms with Gasteiger partial charge in [0, 0.05) is 6.21 Å². The van der Waals surface area contributed by atoms with E-state index in [-0.39, 0.29) is 0 Å². The van der Waals surface area contributed by atoms with E-state index < -0.39 is 0 Å². The van der Waals surface area contributed by atoms with Crippen molar-refractivity contribution in [3.8, 4) is 28.7 Å². The molecule has 246 valence electrons. The number of hydrogen-bond acceptors (Lipinski definition) is 4. The molecule has 0 unspecified atom stereocenters. The minimum absolute atomic E-state index is 0.675. The molecule has 0 bridgehead atoms. The SMILES string of the molecule is CCCCCCCCCCc1ccc(N=Cc2ccc(OCCCCCCCOc3ccc(-c4ccc(C#N)cc4)cc3)cc2)cc1. The van der Waals surface area contributed by atoms with Gasteiger partial charge in [0.1, 0.15) is 11.5 Å². The molecule has 0 spiro atoms. The van der Waals surface area contributed by atoms with Crippen molar-refractivity contribution in [1.82, 2.24) is 0 Å². The van der Waals surface area contributed by atoms with Gasteiger partial charge in [-0.05, 0) is 109 Å². The molecule has 4 aromatic rings. The van der Waals surface area contributed by atoms with Gasteiger partial charge in [0.2, 0.25) is 0 Å². The molecular formula is C43H52N2O2. The third kappa shape index (κ3) is 13.9. The lowest BCUT2D eigenvalue weighted by molar-refractivity contribution is 0.293. The monoisotopic (exact) mass is 628 g/mol. The molecule has 0 fully saturated rings. The summed E-state index contributed by atoms with van der Waals surface area (Å²) in [7, 11) is 0. The zero-order valence-corrected chi connectivity index (χ0v) is 28.3. The molecule has 4 heteroatoms. The van der Waals surface area contributed by atoms with Gasteiger partial charge in [-0.1, -0.05) is 108 Å². The zero-order valence-electron chi connectivity index (χ0n) is 28.3. The van der Waals surface area contributed by atoms with Crippen LogP contribution in [0.5, 0.6) is 11.5 Å². The summed E-state index contributed by atoms with van der Waals surface area (Å²) in [4.78, 5) is 4.66. The molecule has 0 radical (unpaired) electrons. The topological polar surface area (TPSA) is 54.6 Å². The number of rotatable bonds is 22. The molecule has 0 atom stereocenters. The van der Waals surface area contributed by atoms with Crippen LogP contribution >= 0.6 is 0 Å². The first-order chi connectivity index (χ1) is 23.2. The fraction of sp³-hybridized carbons (Fsp3) is 0.395. The van der Waals surface area contributed by atoms with E-state index in [2.05, 4.69) is 66.5 Å². The quantitative estimate of drug-likeness (QED) is 0.0642. The van der Waals surface area contributed by atoms with Gasteiger partial charge in [-0.3, -0.25) is 4.99 Å². The smallest absolute Gasteiger partial charge is 0.119 e. The molecule has 0 saturated heterocycles. The molecule has 4 nitrogen and oxygen atoms in total. The van der Waals surface area contributed by atoms with E-state index in [4.69, 9.17) is 14.7 Å². The van der Waals surface area contributed by atoms with Crippen molar-refractivity contribution in [3.63, 3.8) is 0 Å². The Morgan fingerprint density at radius 2 is 1.04 bits per heavy atom. The first-order valence-corrected chi connectivity index (χ1v) is 17.8. The van der Waals surface area contributed by atoms with Gasteiger partial charge < -0.3 is 9.47 Å². The normalized spacial score (nSPS) is 11.1. The lowest BCUT2D eigenvalue weighted by Gasteiger charge is -2.08. The van der Waals surface area contributed by atoms with E-state index in [0.29, 0.717) is 5.56 Å². The van der Waals surface area contributed by atoms with E-state index >= 15 is 0 Å². The fourth-order valence-corrected chi connectivity index (χ4v) is 5.61. The van der Waals surface area contributed by atoms with Gasteiger partial charge in [-0.2, -0.15) is 5.26 Å². The largest absolute Gasteiger partial charge is 0.494 e. The predicted octanol–water partition coefficient (Wildman–Crippen LogP) is 12.1. The second kappa shape index (κ2) is 21.4. The standard InChI is InChI=1S/C43H52N2O2/c1-2-3-4-5-6-7-9-12-15-36-18-26-41(27-19-36)45-35-38-20-28-42(29-21-38)46-32-13-10-8-11-14-33-47-43-30-24-40(25-31-43)39-22-16-37(34-44)17-23-39/h16-31,35H,2-15,32-33H2,1H3. The van der Waals surface area contributed by atoms with E-state index in [9.17, 15) is 0 Å². The molecule has 0 aliphatic carbocycles. The third-order valence-electron chi connectivity index (χ3n) is 8.53. The highest BCUT2D eigenvalue weighted by molar-refractivity contribution is 5.82. The average molecular weight is 629 g/mol. The zero-order chi connectivity index (χ0) is 32.8. The van der Waals surface area contributed by atoms with Crippen molar-refractivity contribution in [3.05, 3.63) is 114 Å². The van der Waals surface area contributed by atoms with Gasteiger partial charge in [-0.15, -0.1) is 0 Å². The lowest BCUT2D eigenvalue weighted by Crippen LogP contribution is -1.99. The summed E-state index contributed by atoms with van der Waals surface area (Å²) in [5.74, 6) is 1.80. The Labute approximate surface area is 283 Å². The third-order valence-corrected chi connectivity index (χ3v) is 8.53. The summed E-state index contributed by atoms with van der Waals surface area (Å²) >= 11 is 0. The van der Waals surface area contributed by atoms with Gasteiger partial charge in [-0.25, -0.2) is 0 Å². The molecule has 4 rings (SSSR count). The van der Waals surface area contributed by atoms with Crippen LogP contribution in [0.2, 0.25) is 0 Å². The van der Waals surface area contributed by atoms with Crippen molar-refractivity contribution in [2.24, 2.45) is 4.99 Å². The first-order valence-electron chi connectivity index (χ1n) is 17.8. The minimum Gasteiger partial charge on any atom is -0.494 e. The molecule has 0 aromatic heterocycles. The molecular weight excluding hydrogens is 576 g/mol. The van der Waals surface area contributed by atoms with Crippen LogP contribution in [-0.2, 0) is 6.42 Å². The number of nitrogens with zero attached hydrogens (tertiary/aromatic N) is 2. The van der Waals surface area contributed by atoms with Crippen molar-refractivity contribution < 1.29 is 9.47 Å². The van der Waals surface area contributed by atoms with Crippen LogP contribution in [0.25, 0.3) is 11.1 Å². The van der Waals surface area contributed by atoms with Crippen LogP contribution in [0.3, 0.4) is 0 Å². The van der Waals surface area contributed by atoms with Crippen LogP contribution in [-0.4, -0.2) is 19.4 Å². The van der Waals surface area contributed by atoms with Gasteiger partial charge in [0.25, 0.3) is 0 Å². The summed E-state index contributed by atoms with van der Waals surface area (Å²) < 4.78 is 11.9. The summed E-state index contributed by atoms with van der Waals surface area (Å²) in [6.45, 7) is 3.74. The maximum Gasteiger partial charge on any atom is 0.119 e. The van der Waals surface area contributed by atoms with Crippen LogP contribution in [0.4, 0.5) is 5.69 Å². The molecule has 0 saturated carbocycles. The molecule has 0 amide bonds. The van der Waals surface area contributed by atoms with Crippen LogP contribution in [0, 0.1) is 11.3 Å². The second-order valence-corrected chi connectivity index (χ2v) is 12.4. The second-order valence-electron chi connectivity index (χ2n) is 12.4. The molecule has 0 heterocycles. The number of aliphatic imine (C=N–C) groups is 1. The predicted molar refractivity (Wildman–Crippen MR) is 197 cm³/mol. The Hall–Kier alpha value is -4.36. The summed E-state index contributed by atoms with van der Waals surface area (Å²) in [6, 6.07) is 34.8. The molecule has 4 aromatic carbocycles. The number of aryl methyl sites for hydroxylation is 1. The van der Waals surface area contributed by atoms with Gasteiger partial charge in [0.15, 0.2) is 0 Å². The average Bonchev–Trinajstić information content (AvgIpc) is 3.12. The maximum absolute atomic E-state index is 8.96. The lowest BCUT2D eigenvalue weighted by atomic mass is 10.0. The van der Waals surface area contributed by atoms with Crippen LogP contribution in [0.15, 0.2) is 102 Å². The van der Waals surface area contributed by atoms with E-state index in [1.54, 1.807) is 0 Å². The molecule has 0 aliphatic heterocycles. The Morgan fingerprint density at radius 1 is 0.553 bits per heavy atom. The Morgan fingerprint density at radius 3 is 1.60 bits per heavy atom. The molecule has 0 N–H and O–H groups in total. The number of benzene rings is 4.